The fraction of sp³-hybridized carbons (Fsp3) is 0.160. The summed E-state index contributed by atoms with van der Waals surface area (Å²) < 4.78 is 2.88. The molecule has 4 rings (SSSR count). The van der Waals surface area contributed by atoms with Crippen LogP contribution in [0.3, 0.4) is 0 Å². The minimum Gasteiger partial charge on any atom is -0.345 e. The van der Waals surface area contributed by atoms with E-state index in [-0.39, 0.29) is 12.5 Å². The van der Waals surface area contributed by atoms with Crippen molar-refractivity contribution in [2.45, 2.75) is 31.3 Å². The van der Waals surface area contributed by atoms with Gasteiger partial charge in [0.05, 0.1) is 6.54 Å². The summed E-state index contributed by atoms with van der Waals surface area (Å²) in [6.45, 7) is 4.43. The first-order chi connectivity index (χ1) is 15.5. The van der Waals surface area contributed by atoms with Crippen molar-refractivity contribution in [2.75, 3.05) is 0 Å². The zero-order valence-electron chi connectivity index (χ0n) is 17.9. The number of carbonyl (C=O) groups is 1. The van der Waals surface area contributed by atoms with Crippen molar-refractivity contribution in [3.8, 4) is 5.69 Å². The van der Waals surface area contributed by atoms with Gasteiger partial charge < -0.3 is 5.32 Å². The molecule has 0 fully saturated rings. The van der Waals surface area contributed by atoms with Crippen molar-refractivity contribution in [2.24, 2.45) is 0 Å². The van der Waals surface area contributed by atoms with Crippen molar-refractivity contribution in [1.82, 2.24) is 20.1 Å². The van der Waals surface area contributed by atoms with E-state index in [0.717, 1.165) is 21.1 Å². The van der Waals surface area contributed by atoms with Gasteiger partial charge in [0.15, 0.2) is 11.0 Å². The van der Waals surface area contributed by atoms with Gasteiger partial charge in [-0.3, -0.25) is 9.36 Å². The molecular formula is C25H23BrN4OS. The fourth-order valence-electron chi connectivity index (χ4n) is 3.30. The average molecular weight is 507 g/mol. The Morgan fingerprint density at radius 2 is 1.75 bits per heavy atom. The Morgan fingerprint density at radius 3 is 2.50 bits per heavy atom. The molecule has 3 aromatic carbocycles. The maximum absolute atomic E-state index is 12.6. The third-order valence-electron chi connectivity index (χ3n) is 4.94. The molecule has 32 heavy (non-hydrogen) atoms. The molecule has 162 valence electrons. The molecule has 0 saturated carbocycles. The second-order valence-corrected chi connectivity index (χ2v) is 9.40. The molecule has 0 radical (unpaired) electrons. The minimum absolute atomic E-state index is 0.154. The van der Waals surface area contributed by atoms with Crippen LogP contribution in [0.1, 0.15) is 32.9 Å². The van der Waals surface area contributed by atoms with E-state index in [2.05, 4.69) is 93.8 Å². The highest BCUT2D eigenvalue weighted by Gasteiger charge is 2.16. The van der Waals surface area contributed by atoms with Crippen LogP contribution in [0.4, 0.5) is 0 Å². The van der Waals surface area contributed by atoms with Gasteiger partial charge in [-0.1, -0.05) is 81.3 Å². The van der Waals surface area contributed by atoms with Crippen LogP contribution in [-0.2, 0) is 12.3 Å². The van der Waals surface area contributed by atoms with Crippen LogP contribution in [0.15, 0.2) is 82.4 Å². The van der Waals surface area contributed by atoms with Crippen molar-refractivity contribution < 1.29 is 4.79 Å². The monoisotopic (exact) mass is 506 g/mol. The lowest BCUT2D eigenvalue weighted by Crippen LogP contribution is -2.24. The highest BCUT2D eigenvalue weighted by atomic mass is 79.9. The number of aryl methyl sites for hydroxylation is 2. The second-order valence-electron chi connectivity index (χ2n) is 7.54. The fourth-order valence-corrected chi connectivity index (χ4v) is 4.62. The highest BCUT2D eigenvalue weighted by Crippen LogP contribution is 2.26. The van der Waals surface area contributed by atoms with Crippen LogP contribution in [0.5, 0.6) is 0 Å². The predicted molar refractivity (Wildman–Crippen MR) is 132 cm³/mol. The predicted octanol–water partition coefficient (Wildman–Crippen LogP) is 5.87. The molecular weight excluding hydrogens is 484 g/mol. The number of aromatic nitrogens is 3. The standard InChI is InChI=1S/C25H23BrN4OS/c1-17-9-11-22(12-10-17)30-23(15-27-24(31)20-7-4-8-21(26)14-20)28-29-25(30)32-16-19-6-3-5-18(2)13-19/h3-14H,15-16H2,1-2H3,(H,27,31). The molecule has 0 aliphatic heterocycles. The molecule has 0 unspecified atom stereocenters. The number of thioether (sulfide) groups is 1. The summed E-state index contributed by atoms with van der Waals surface area (Å²) in [5.41, 5.74) is 5.21. The summed E-state index contributed by atoms with van der Waals surface area (Å²) in [5, 5.41) is 12.6. The van der Waals surface area contributed by atoms with E-state index in [4.69, 9.17) is 0 Å². The molecule has 0 spiro atoms. The summed E-state index contributed by atoms with van der Waals surface area (Å²) in [6.07, 6.45) is 0. The molecule has 1 heterocycles. The zero-order valence-corrected chi connectivity index (χ0v) is 20.3. The van der Waals surface area contributed by atoms with Crippen molar-refractivity contribution in [3.05, 3.63) is 105 Å². The summed E-state index contributed by atoms with van der Waals surface area (Å²) in [6, 6.07) is 24.0. The first kappa shape index (κ1) is 22.3. The Labute approximate surface area is 200 Å². The Morgan fingerprint density at radius 1 is 0.969 bits per heavy atom. The quantitative estimate of drug-likeness (QED) is 0.318. The van der Waals surface area contributed by atoms with Crippen LogP contribution in [-0.4, -0.2) is 20.7 Å². The molecule has 0 saturated heterocycles. The van der Waals surface area contributed by atoms with Gasteiger partial charge in [-0.05, 0) is 49.7 Å². The van der Waals surface area contributed by atoms with E-state index in [0.29, 0.717) is 11.4 Å². The van der Waals surface area contributed by atoms with Gasteiger partial charge in [0.1, 0.15) is 0 Å². The number of hydrogen-bond acceptors (Lipinski definition) is 4. The lowest BCUT2D eigenvalue weighted by atomic mass is 10.2. The first-order valence-electron chi connectivity index (χ1n) is 10.2. The smallest absolute Gasteiger partial charge is 0.251 e. The topological polar surface area (TPSA) is 59.8 Å². The van der Waals surface area contributed by atoms with Crippen LogP contribution in [0, 0.1) is 13.8 Å². The lowest BCUT2D eigenvalue weighted by Gasteiger charge is -2.12. The van der Waals surface area contributed by atoms with E-state index in [9.17, 15) is 4.79 Å². The summed E-state index contributed by atoms with van der Waals surface area (Å²) in [4.78, 5) is 12.6. The molecule has 0 bridgehead atoms. The number of carbonyl (C=O) groups excluding carboxylic acids is 1. The Bertz CT molecular complexity index is 1240. The number of hydrogen-bond donors (Lipinski definition) is 1. The van der Waals surface area contributed by atoms with Crippen molar-refractivity contribution >= 4 is 33.6 Å². The van der Waals surface area contributed by atoms with Crippen molar-refractivity contribution in [1.29, 1.82) is 0 Å². The van der Waals surface area contributed by atoms with E-state index in [1.54, 1.807) is 23.9 Å². The molecule has 1 aromatic heterocycles. The molecule has 7 heteroatoms. The van der Waals surface area contributed by atoms with Crippen LogP contribution < -0.4 is 5.32 Å². The SMILES string of the molecule is Cc1ccc(-n2c(CNC(=O)c3cccc(Br)c3)nnc2SCc2cccc(C)c2)cc1. The first-order valence-corrected chi connectivity index (χ1v) is 12.0. The highest BCUT2D eigenvalue weighted by molar-refractivity contribution is 9.10. The Kier molecular flexibility index (Phi) is 7.07. The Balaban J connectivity index is 1.57. The summed E-state index contributed by atoms with van der Waals surface area (Å²) in [5.74, 6) is 1.32. The second kappa shape index (κ2) is 10.1. The van der Waals surface area contributed by atoms with Gasteiger partial charge in [-0.15, -0.1) is 10.2 Å². The average Bonchev–Trinajstić information content (AvgIpc) is 3.19. The van der Waals surface area contributed by atoms with Gasteiger partial charge in [-0.2, -0.15) is 0 Å². The number of benzene rings is 3. The molecule has 4 aromatic rings. The van der Waals surface area contributed by atoms with Gasteiger partial charge in [-0.25, -0.2) is 0 Å². The van der Waals surface area contributed by atoms with Gasteiger partial charge in [0, 0.05) is 21.5 Å². The summed E-state index contributed by atoms with van der Waals surface area (Å²) in [7, 11) is 0. The largest absolute Gasteiger partial charge is 0.345 e. The minimum atomic E-state index is -0.154. The van der Waals surface area contributed by atoms with E-state index >= 15 is 0 Å². The maximum Gasteiger partial charge on any atom is 0.251 e. The number of halogens is 1. The van der Waals surface area contributed by atoms with E-state index in [1.807, 2.05) is 16.7 Å². The number of amides is 1. The van der Waals surface area contributed by atoms with Crippen molar-refractivity contribution in [3.63, 3.8) is 0 Å². The third-order valence-corrected chi connectivity index (χ3v) is 6.43. The van der Waals surface area contributed by atoms with Crippen LogP contribution >= 0.6 is 27.7 Å². The van der Waals surface area contributed by atoms with Gasteiger partial charge in [0.25, 0.3) is 5.91 Å². The number of rotatable bonds is 7. The molecule has 5 nitrogen and oxygen atoms in total. The number of nitrogens with one attached hydrogen (secondary N) is 1. The maximum atomic E-state index is 12.6. The molecule has 1 amide bonds. The molecule has 0 aliphatic rings. The lowest BCUT2D eigenvalue weighted by molar-refractivity contribution is 0.0949. The Hall–Kier alpha value is -2.90. The van der Waals surface area contributed by atoms with E-state index in [1.165, 1.54) is 16.7 Å². The van der Waals surface area contributed by atoms with Gasteiger partial charge >= 0.3 is 0 Å². The molecule has 1 N–H and O–H groups in total. The zero-order chi connectivity index (χ0) is 22.5. The van der Waals surface area contributed by atoms with Crippen LogP contribution in [0.25, 0.3) is 5.69 Å². The molecule has 0 aliphatic carbocycles. The number of nitrogens with zero attached hydrogens (tertiary/aromatic N) is 3. The van der Waals surface area contributed by atoms with E-state index < -0.39 is 0 Å². The normalized spacial score (nSPS) is 10.8. The third kappa shape index (κ3) is 5.47. The molecule has 0 atom stereocenters. The summed E-state index contributed by atoms with van der Waals surface area (Å²) >= 11 is 5.04. The van der Waals surface area contributed by atoms with Crippen LogP contribution in [0.2, 0.25) is 0 Å². The van der Waals surface area contributed by atoms with Gasteiger partial charge in [0.2, 0.25) is 0 Å².